The van der Waals surface area contributed by atoms with Crippen molar-refractivity contribution in [3.8, 4) is 0 Å². The van der Waals surface area contributed by atoms with Crippen LogP contribution in [0.4, 0.5) is 0 Å². The Kier molecular flexibility index (Phi) is 4.18. The standard InChI is InChI=1S/C12H12N2O5S/c15-12(16)11-6-10(7-13-11)20(17,18)14-19-8-9-4-2-1-3-5-9/h1-7,13-14H,8H2,(H,15,16). The fraction of sp³-hybridized carbons (Fsp3) is 0.0833. The summed E-state index contributed by atoms with van der Waals surface area (Å²) in [6.07, 6.45) is 1.08. The first-order valence-electron chi connectivity index (χ1n) is 5.58. The molecule has 0 aliphatic rings. The van der Waals surface area contributed by atoms with E-state index in [2.05, 4.69) is 4.98 Å². The van der Waals surface area contributed by atoms with Gasteiger partial charge >= 0.3 is 5.97 Å². The number of aromatic nitrogens is 1. The van der Waals surface area contributed by atoms with E-state index in [0.29, 0.717) is 0 Å². The average Bonchev–Trinajstić information content (AvgIpc) is 2.90. The molecule has 0 fully saturated rings. The van der Waals surface area contributed by atoms with Crippen LogP contribution in [-0.4, -0.2) is 24.5 Å². The minimum atomic E-state index is -3.91. The molecule has 8 heteroatoms. The summed E-state index contributed by atoms with van der Waals surface area (Å²) in [7, 11) is -3.91. The molecule has 2 aromatic rings. The molecule has 2 rings (SSSR count). The highest BCUT2D eigenvalue weighted by Crippen LogP contribution is 2.11. The summed E-state index contributed by atoms with van der Waals surface area (Å²) in [6.45, 7) is 0.0658. The third kappa shape index (κ3) is 3.44. The molecule has 1 aromatic heterocycles. The van der Waals surface area contributed by atoms with E-state index >= 15 is 0 Å². The van der Waals surface area contributed by atoms with E-state index in [9.17, 15) is 13.2 Å². The Labute approximate surface area is 115 Å². The molecule has 0 atom stereocenters. The van der Waals surface area contributed by atoms with Gasteiger partial charge in [-0.3, -0.25) is 4.84 Å². The summed E-state index contributed by atoms with van der Waals surface area (Å²) in [6, 6.07) is 10.0. The SMILES string of the molecule is O=C(O)c1cc(S(=O)(=O)NOCc2ccccc2)c[nH]1. The highest BCUT2D eigenvalue weighted by molar-refractivity contribution is 7.89. The van der Waals surface area contributed by atoms with Gasteiger partial charge in [-0.25, -0.2) is 13.2 Å². The van der Waals surface area contributed by atoms with Crippen LogP contribution in [0.15, 0.2) is 47.5 Å². The lowest BCUT2D eigenvalue weighted by Crippen LogP contribution is -2.23. The molecular formula is C12H12N2O5S. The maximum absolute atomic E-state index is 11.8. The van der Waals surface area contributed by atoms with Gasteiger partial charge in [0.2, 0.25) is 0 Å². The van der Waals surface area contributed by atoms with Gasteiger partial charge in [0.15, 0.2) is 0 Å². The number of aromatic amines is 1. The van der Waals surface area contributed by atoms with Crippen LogP contribution in [0.5, 0.6) is 0 Å². The van der Waals surface area contributed by atoms with Crippen LogP contribution in [0.3, 0.4) is 0 Å². The molecule has 20 heavy (non-hydrogen) atoms. The molecule has 7 nitrogen and oxygen atoms in total. The van der Waals surface area contributed by atoms with E-state index in [1.165, 1.54) is 0 Å². The fourth-order valence-corrected chi connectivity index (χ4v) is 2.26. The highest BCUT2D eigenvalue weighted by Gasteiger charge is 2.18. The van der Waals surface area contributed by atoms with Crippen LogP contribution >= 0.6 is 0 Å². The predicted molar refractivity (Wildman–Crippen MR) is 69.3 cm³/mol. The summed E-state index contributed by atoms with van der Waals surface area (Å²) >= 11 is 0. The Morgan fingerprint density at radius 1 is 1.30 bits per heavy atom. The molecule has 0 saturated heterocycles. The van der Waals surface area contributed by atoms with Crippen molar-refractivity contribution in [2.45, 2.75) is 11.5 Å². The number of carbonyl (C=O) groups is 1. The third-order valence-corrected chi connectivity index (χ3v) is 3.64. The van der Waals surface area contributed by atoms with Gasteiger partial charge in [0.1, 0.15) is 10.6 Å². The molecule has 0 aliphatic carbocycles. The van der Waals surface area contributed by atoms with Crippen molar-refractivity contribution in [3.05, 3.63) is 53.9 Å². The van der Waals surface area contributed by atoms with Crippen molar-refractivity contribution in [1.82, 2.24) is 9.87 Å². The Balaban J connectivity index is 1.98. The summed E-state index contributed by atoms with van der Waals surface area (Å²) in [5.74, 6) is -1.24. The number of benzene rings is 1. The van der Waals surface area contributed by atoms with Gasteiger partial charge in [-0.1, -0.05) is 35.2 Å². The van der Waals surface area contributed by atoms with Crippen molar-refractivity contribution < 1.29 is 23.2 Å². The predicted octanol–water partition coefficient (Wildman–Crippen LogP) is 1.12. The number of nitrogens with one attached hydrogen (secondary N) is 2. The quantitative estimate of drug-likeness (QED) is 0.692. The monoisotopic (exact) mass is 296 g/mol. The highest BCUT2D eigenvalue weighted by atomic mass is 32.2. The maximum Gasteiger partial charge on any atom is 0.352 e. The number of carboxylic acid groups (broad SMARTS) is 1. The number of H-pyrrole nitrogens is 1. The number of sulfonamides is 1. The minimum Gasteiger partial charge on any atom is -0.477 e. The lowest BCUT2D eigenvalue weighted by atomic mass is 10.2. The largest absolute Gasteiger partial charge is 0.477 e. The lowest BCUT2D eigenvalue weighted by Gasteiger charge is -2.05. The molecule has 0 spiro atoms. The summed E-state index contributed by atoms with van der Waals surface area (Å²) in [4.78, 5) is 19.6. The lowest BCUT2D eigenvalue weighted by molar-refractivity contribution is 0.0691. The second kappa shape index (κ2) is 5.87. The van der Waals surface area contributed by atoms with Gasteiger partial charge in [-0.2, -0.15) is 0 Å². The van der Waals surface area contributed by atoms with Gasteiger partial charge in [0, 0.05) is 6.20 Å². The van der Waals surface area contributed by atoms with Crippen LogP contribution in [0, 0.1) is 0 Å². The maximum atomic E-state index is 11.8. The second-order valence-electron chi connectivity index (χ2n) is 3.92. The van der Waals surface area contributed by atoms with Gasteiger partial charge in [0.25, 0.3) is 10.0 Å². The topological polar surface area (TPSA) is 108 Å². The minimum absolute atomic E-state index is 0.0658. The van der Waals surface area contributed by atoms with Crippen LogP contribution in [0.2, 0.25) is 0 Å². The van der Waals surface area contributed by atoms with E-state index < -0.39 is 16.0 Å². The van der Waals surface area contributed by atoms with Crippen LogP contribution in [0.1, 0.15) is 16.1 Å². The molecule has 3 N–H and O–H groups in total. The van der Waals surface area contributed by atoms with E-state index in [-0.39, 0.29) is 17.2 Å². The summed E-state index contributed by atoms with van der Waals surface area (Å²) < 4.78 is 23.6. The fourth-order valence-electron chi connectivity index (χ4n) is 1.47. The van der Waals surface area contributed by atoms with Crippen molar-refractivity contribution in [1.29, 1.82) is 0 Å². The average molecular weight is 296 g/mol. The van der Waals surface area contributed by atoms with E-state index in [0.717, 1.165) is 17.8 Å². The zero-order valence-corrected chi connectivity index (χ0v) is 11.1. The van der Waals surface area contributed by atoms with Crippen molar-refractivity contribution in [3.63, 3.8) is 0 Å². The zero-order chi connectivity index (χ0) is 14.6. The molecule has 106 valence electrons. The normalized spacial score (nSPS) is 11.4. The smallest absolute Gasteiger partial charge is 0.352 e. The number of hydrogen-bond acceptors (Lipinski definition) is 4. The number of rotatable bonds is 6. The Morgan fingerprint density at radius 2 is 2.00 bits per heavy atom. The molecule has 0 aliphatic heterocycles. The molecular weight excluding hydrogens is 284 g/mol. The van der Waals surface area contributed by atoms with Gasteiger partial charge in [-0.15, -0.1) is 0 Å². The molecule has 0 amide bonds. The molecule has 0 unspecified atom stereocenters. The summed E-state index contributed by atoms with van der Waals surface area (Å²) in [5.41, 5.74) is 0.587. The third-order valence-electron chi connectivity index (χ3n) is 2.45. The van der Waals surface area contributed by atoms with E-state index in [1.807, 2.05) is 11.0 Å². The van der Waals surface area contributed by atoms with E-state index in [1.54, 1.807) is 24.3 Å². The Morgan fingerprint density at radius 3 is 2.60 bits per heavy atom. The van der Waals surface area contributed by atoms with Crippen molar-refractivity contribution in [2.24, 2.45) is 0 Å². The Bertz CT molecular complexity index is 694. The first kappa shape index (κ1) is 14.3. The molecule has 0 bridgehead atoms. The first-order valence-corrected chi connectivity index (χ1v) is 7.06. The van der Waals surface area contributed by atoms with Gasteiger partial charge in [-0.05, 0) is 11.6 Å². The molecule has 1 aromatic carbocycles. The molecule has 0 radical (unpaired) electrons. The van der Waals surface area contributed by atoms with Crippen LogP contribution in [-0.2, 0) is 21.5 Å². The number of aromatic carboxylic acids is 1. The zero-order valence-electron chi connectivity index (χ0n) is 10.2. The number of carboxylic acids is 1. The van der Waals surface area contributed by atoms with Crippen LogP contribution in [0.25, 0.3) is 0 Å². The van der Waals surface area contributed by atoms with Crippen molar-refractivity contribution >= 4 is 16.0 Å². The van der Waals surface area contributed by atoms with Crippen molar-refractivity contribution in [2.75, 3.05) is 0 Å². The number of hydrogen-bond donors (Lipinski definition) is 3. The second-order valence-corrected chi connectivity index (χ2v) is 5.56. The van der Waals surface area contributed by atoms with E-state index in [4.69, 9.17) is 9.94 Å². The molecule has 1 heterocycles. The molecule has 0 saturated carbocycles. The van der Waals surface area contributed by atoms with Gasteiger partial charge in [0.05, 0.1) is 6.61 Å². The van der Waals surface area contributed by atoms with Gasteiger partial charge < -0.3 is 10.1 Å². The van der Waals surface area contributed by atoms with Crippen LogP contribution < -0.4 is 4.89 Å². The summed E-state index contributed by atoms with van der Waals surface area (Å²) in [5, 5.41) is 8.71. The Hall–Kier alpha value is -2.16. The first-order chi connectivity index (χ1) is 9.49.